The predicted molar refractivity (Wildman–Crippen MR) is 88.7 cm³/mol. The first-order valence-corrected chi connectivity index (χ1v) is 8.80. The Morgan fingerprint density at radius 1 is 1.17 bits per heavy atom. The number of rotatable bonds is 5. The quantitative estimate of drug-likeness (QED) is 0.773. The number of nitrogens with one attached hydrogen (secondary N) is 1. The van der Waals surface area contributed by atoms with Gasteiger partial charge < -0.3 is 4.57 Å². The van der Waals surface area contributed by atoms with Gasteiger partial charge in [0.1, 0.15) is 5.82 Å². The lowest BCUT2D eigenvalue weighted by Crippen LogP contribution is -2.27. The molecule has 0 fully saturated rings. The fourth-order valence-corrected chi connectivity index (χ4v) is 3.61. The summed E-state index contributed by atoms with van der Waals surface area (Å²) in [5, 5.41) is 0. The number of halogens is 1. The largest absolute Gasteiger partial charge is 0.306 e. The van der Waals surface area contributed by atoms with E-state index < -0.39 is 21.9 Å². The van der Waals surface area contributed by atoms with Gasteiger partial charge in [0.15, 0.2) is 0 Å². The van der Waals surface area contributed by atoms with E-state index in [-0.39, 0.29) is 4.90 Å². The Balaban J connectivity index is 1.78. The third-order valence-electron chi connectivity index (χ3n) is 3.63. The number of hydrogen-bond acceptors (Lipinski definition) is 3. The van der Waals surface area contributed by atoms with Crippen LogP contribution in [0.3, 0.4) is 0 Å². The van der Waals surface area contributed by atoms with Gasteiger partial charge in [-0.3, -0.25) is 0 Å². The maximum Gasteiger partial charge on any atom is 0.241 e. The molecule has 0 saturated carbocycles. The fraction of sp³-hybridized carbons (Fsp3) is 0.118. The van der Waals surface area contributed by atoms with Crippen molar-refractivity contribution in [3.8, 4) is 5.69 Å². The van der Waals surface area contributed by atoms with Crippen molar-refractivity contribution in [2.45, 2.75) is 17.9 Å². The Labute approximate surface area is 139 Å². The summed E-state index contributed by atoms with van der Waals surface area (Å²) in [4.78, 5) is 3.89. The lowest BCUT2D eigenvalue weighted by Gasteiger charge is -2.15. The van der Waals surface area contributed by atoms with E-state index >= 15 is 0 Å². The maximum absolute atomic E-state index is 13.2. The molecule has 1 atom stereocenters. The molecule has 1 aromatic heterocycles. The molecule has 3 aromatic rings. The standard InChI is InChI=1S/C17H16FN3O2S/c1-13(20-24(22,23)17-4-2-3-15(18)11-17)14-5-7-16(8-6-14)21-10-9-19-12-21/h2-13,20H,1H3/t13-/m0/s1. The molecule has 0 bridgehead atoms. The van der Waals surface area contributed by atoms with E-state index in [1.807, 2.05) is 35.0 Å². The smallest absolute Gasteiger partial charge is 0.241 e. The van der Waals surface area contributed by atoms with Crippen LogP contribution in [-0.2, 0) is 10.0 Å². The minimum Gasteiger partial charge on any atom is -0.306 e. The van der Waals surface area contributed by atoms with Crippen LogP contribution in [0.15, 0.2) is 72.1 Å². The molecule has 7 heteroatoms. The van der Waals surface area contributed by atoms with Crippen molar-refractivity contribution in [2.24, 2.45) is 0 Å². The number of hydrogen-bond donors (Lipinski definition) is 1. The van der Waals surface area contributed by atoms with E-state index in [1.54, 1.807) is 19.4 Å². The number of benzene rings is 2. The number of sulfonamides is 1. The van der Waals surface area contributed by atoms with Gasteiger partial charge in [-0.05, 0) is 42.8 Å². The molecule has 3 rings (SSSR count). The van der Waals surface area contributed by atoms with Gasteiger partial charge in [-0.2, -0.15) is 0 Å². The second-order valence-electron chi connectivity index (χ2n) is 5.36. The molecule has 24 heavy (non-hydrogen) atoms. The zero-order valence-electron chi connectivity index (χ0n) is 12.9. The predicted octanol–water partition coefficient (Wildman–Crippen LogP) is 3.05. The second-order valence-corrected chi connectivity index (χ2v) is 7.08. The van der Waals surface area contributed by atoms with Gasteiger partial charge in [0.2, 0.25) is 10.0 Å². The topological polar surface area (TPSA) is 64.0 Å². The molecule has 0 unspecified atom stereocenters. The van der Waals surface area contributed by atoms with Crippen LogP contribution in [0.2, 0.25) is 0 Å². The van der Waals surface area contributed by atoms with Gasteiger partial charge in [0.25, 0.3) is 0 Å². The molecule has 0 aliphatic rings. The maximum atomic E-state index is 13.2. The molecule has 0 aliphatic heterocycles. The summed E-state index contributed by atoms with van der Waals surface area (Å²) in [6.07, 6.45) is 5.19. The highest BCUT2D eigenvalue weighted by atomic mass is 32.2. The lowest BCUT2D eigenvalue weighted by atomic mass is 10.1. The highest BCUT2D eigenvalue weighted by molar-refractivity contribution is 7.89. The fourth-order valence-electron chi connectivity index (χ4n) is 2.35. The Bertz CT molecular complexity index is 923. The Morgan fingerprint density at radius 3 is 2.54 bits per heavy atom. The SMILES string of the molecule is C[C@H](NS(=O)(=O)c1cccc(F)c1)c1ccc(-n2ccnc2)cc1. The minimum absolute atomic E-state index is 0.0932. The summed E-state index contributed by atoms with van der Waals surface area (Å²) in [5.74, 6) is -0.588. The van der Waals surface area contributed by atoms with E-state index in [9.17, 15) is 12.8 Å². The van der Waals surface area contributed by atoms with Crippen molar-refractivity contribution in [3.05, 3.63) is 78.6 Å². The minimum atomic E-state index is -3.79. The van der Waals surface area contributed by atoms with Crippen LogP contribution in [0.5, 0.6) is 0 Å². The molecule has 0 aliphatic carbocycles. The summed E-state index contributed by atoms with van der Waals surface area (Å²) < 4.78 is 42.3. The van der Waals surface area contributed by atoms with E-state index in [0.29, 0.717) is 0 Å². The van der Waals surface area contributed by atoms with E-state index in [1.165, 1.54) is 18.2 Å². The van der Waals surface area contributed by atoms with Crippen molar-refractivity contribution >= 4 is 10.0 Å². The highest BCUT2D eigenvalue weighted by Gasteiger charge is 2.18. The Kier molecular flexibility index (Phi) is 4.46. The Morgan fingerprint density at radius 2 is 1.92 bits per heavy atom. The molecule has 1 heterocycles. The van der Waals surface area contributed by atoms with Crippen LogP contribution in [-0.4, -0.2) is 18.0 Å². The van der Waals surface area contributed by atoms with Crippen molar-refractivity contribution in [3.63, 3.8) is 0 Å². The second kappa shape index (κ2) is 6.54. The van der Waals surface area contributed by atoms with Gasteiger partial charge in [-0.15, -0.1) is 0 Å². The van der Waals surface area contributed by atoms with E-state index in [0.717, 1.165) is 17.3 Å². The van der Waals surface area contributed by atoms with Crippen LogP contribution in [0.4, 0.5) is 4.39 Å². The molecule has 2 aromatic carbocycles. The molecule has 0 spiro atoms. The summed E-state index contributed by atoms with van der Waals surface area (Å²) >= 11 is 0. The monoisotopic (exact) mass is 345 g/mol. The van der Waals surface area contributed by atoms with Gasteiger partial charge in [-0.25, -0.2) is 22.5 Å². The van der Waals surface area contributed by atoms with Gasteiger partial charge in [0, 0.05) is 24.1 Å². The van der Waals surface area contributed by atoms with E-state index in [4.69, 9.17) is 0 Å². The van der Waals surface area contributed by atoms with Crippen LogP contribution in [0.25, 0.3) is 5.69 Å². The zero-order valence-corrected chi connectivity index (χ0v) is 13.7. The molecule has 0 saturated heterocycles. The first-order chi connectivity index (χ1) is 11.5. The molecular formula is C17H16FN3O2S. The normalized spacial score (nSPS) is 12.9. The first kappa shape index (κ1) is 16.4. The van der Waals surface area contributed by atoms with Crippen LogP contribution in [0, 0.1) is 5.82 Å². The zero-order chi connectivity index (χ0) is 17.2. The van der Waals surface area contributed by atoms with E-state index in [2.05, 4.69) is 9.71 Å². The van der Waals surface area contributed by atoms with Crippen molar-refractivity contribution in [1.82, 2.24) is 14.3 Å². The third-order valence-corrected chi connectivity index (χ3v) is 5.17. The van der Waals surface area contributed by atoms with Crippen LogP contribution in [0.1, 0.15) is 18.5 Å². The summed E-state index contributed by atoms with van der Waals surface area (Å²) in [7, 11) is -3.79. The summed E-state index contributed by atoms with van der Waals surface area (Å²) in [6.45, 7) is 1.74. The average Bonchev–Trinajstić information content (AvgIpc) is 3.09. The highest BCUT2D eigenvalue weighted by Crippen LogP contribution is 2.19. The number of imidazole rings is 1. The number of nitrogens with zero attached hydrogens (tertiary/aromatic N) is 2. The van der Waals surface area contributed by atoms with Crippen molar-refractivity contribution in [2.75, 3.05) is 0 Å². The van der Waals surface area contributed by atoms with Gasteiger partial charge in [-0.1, -0.05) is 18.2 Å². The van der Waals surface area contributed by atoms with Gasteiger partial charge >= 0.3 is 0 Å². The molecule has 0 radical (unpaired) electrons. The third kappa shape index (κ3) is 3.52. The van der Waals surface area contributed by atoms with Crippen LogP contribution < -0.4 is 4.72 Å². The number of aromatic nitrogens is 2. The van der Waals surface area contributed by atoms with Gasteiger partial charge in [0.05, 0.1) is 11.2 Å². The lowest BCUT2D eigenvalue weighted by molar-refractivity contribution is 0.564. The average molecular weight is 345 g/mol. The molecule has 0 amide bonds. The first-order valence-electron chi connectivity index (χ1n) is 7.32. The Hall–Kier alpha value is -2.51. The van der Waals surface area contributed by atoms with Crippen molar-refractivity contribution < 1.29 is 12.8 Å². The molecular weight excluding hydrogens is 329 g/mol. The molecule has 5 nitrogen and oxygen atoms in total. The van der Waals surface area contributed by atoms with Crippen molar-refractivity contribution in [1.29, 1.82) is 0 Å². The van der Waals surface area contributed by atoms with Crippen LogP contribution >= 0.6 is 0 Å². The molecule has 1 N–H and O–H groups in total. The molecule has 124 valence electrons. The summed E-state index contributed by atoms with van der Waals surface area (Å²) in [5.41, 5.74) is 1.73. The summed E-state index contributed by atoms with van der Waals surface area (Å²) in [6, 6.07) is 11.9.